The van der Waals surface area contributed by atoms with Gasteiger partial charge in [0.25, 0.3) is 5.91 Å². The molecule has 2 aromatic heterocycles. The lowest BCUT2D eigenvalue weighted by Crippen LogP contribution is -2.13. The Bertz CT molecular complexity index is 601. The molecule has 100 valence electrons. The topological polar surface area (TPSA) is 70.7 Å². The zero-order chi connectivity index (χ0) is 14.0. The first-order valence-electron chi connectivity index (χ1n) is 5.85. The number of H-pyrrole nitrogens is 1. The predicted octanol–water partition coefficient (Wildman–Crippen LogP) is 3.12. The monoisotopic (exact) mass is 322 g/mol. The van der Waals surface area contributed by atoms with Gasteiger partial charge in [0.15, 0.2) is 5.82 Å². The maximum atomic E-state index is 12.1. The molecule has 0 fully saturated rings. The lowest BCUT2D eigenvalue weighted by atomic mass is 9.92. The quantitative estimate of drug-likeness (QED) is 0.834. The van der Waals surface area contributed by atoms with Gasteiger partial charge in [-0.15, -0.1) is 0 Å². The third kappa shape index (κ3) is 3.20. The molecule has 0 spiro atoms. The van der Waals surface area contributed by atoms with E-state index >= 15 is 0 Å². The van der Waals surface area contributed by atoms with Crippen molar-refractivity contribution < 1.29 is 4.79 Å². The molecule has 1 amide bonds. The highest BCUT2D eigenvalue weighted by molar-refractivity contribution is 9.10. The Balaban J connectivity index is 2.16. The minimum absolute atomic E-state index is 0.0368. The molecule has 0 bridgehead atoms. The minimum atomic E-state index is -0.244. The summed E-state index contributed by atoms with van der Waals surface area (Å²) in [4.78, 5) is 16.1. The van der Waals surface area contributed by atoms with Crippen LogP contribution in [0.3, 0.4) is 0 Å². The van der Waals surface area contributed by atoms with Crippen LogP contribution in [0.25, 0.3) is 0 Å². The van der Waals surface area contributed by atoms with Crippen LogP contribution in [-0.4, -0.2) is 21.1 Å². The van der Waals surface area contributed by atoms with E-state index in [0.29, 0.717) is 16.0 Å². The Morgan fingerprint density at radius 1 is 1.42 bits per heavy atom. The van der Waals surface area contributed by atoms with Crippen molar-refractivity contribution in [1.29, 1.82) is 0 Å². The van der Waals surface area contributed by atoms with Crippen molar-refractivity contribution in [1.82, 2.24) is 15.2 Å². The fourth-order valence-electron chi connectivity index (χ4n) is 1.51. The standard InChI is InChI=1S/C13H15BrN4O/c1-13(2,3)9-7-10(18-17-9)16-12(19)8-5-4-6-15-11(8)14/h4-7H,1-3H3,(H2,16,17,18,19). The summed E-state index contributed by atoms with van der Waals surface area (Å²) in [6, 6.07) is 5.25. The fraction of sp³-hybridized carbons (Fsp3) is 0.308. The van der Waals surface area contributed by atoms with E-state index in [9.17, 15) is 4.79 Å². The van der Waals surface area contributed by atoms with Gasteiger partial charge in [0.1, 0.15) is 4.60 Å². The maximum absolute atomic E-state index is 12.1. The molecule has 2 rings (SSSR count). The van der Waals surface area contributed by atoms with Crippen LogP contribution in [0.4, 0.5) is 5.82 Å². The van der Waals surface area contributed by atoms with Gasteiger partial charge in [-0.2, -0.15) is 5.10 Å². The zero-order valence-electron chi connectivity index (χ0n) is 11.0. The van der Waals surface area contributed by atoms with E-state index in [1.165, 1.54) is 0 Å². The molecule has 0 aromatic carbocycles. The first-order valence-corrected chi connectivity index (χ1v) is 6.65. The summed E-state index contributed by atoms with van der Waals surface area (Å²) in [5.74, 6) is 0.262. The largest absolute Gasteiger partial charge is 0.305 e. The van der Waals surface area contributed by atoms with Crippen molar-refractivity contribution in [2.24, 2.45) is 0 Å². The molecule has 0 atom stereocenters. The summed E-state index contributed by atoms with van der Waals surface area (Å²) >= 11 is 3.25. The Morgan fingerprint density at radius 2 is 2.16 bits per heavy atom. The number of nitrogens with one attached hydrogen (secondary N) is 2. The number of aromatic nitrogens is 3. The number of anilines is 1. The van der Waals surface area contributed by atoms with Gasteiger partial charge >= 0.3 is 0 Å². The van der Waals surface area contributed by atoms with E-state index in [1.807, 2.05) is 6.07 Å². The summed E-state index contributed by atoms with van der Waals surface area (Å²) in [5.41, 5.74) is 1.40. The number of carbonyl (C=O) groups is 1. The van der Waals surface area contributed by atoms with Crippen LogP contribution in [0.1, 0.15) is 36.8 Å². The van der Waals surface area contributed by atoms with Crippen LogP contribution in [0.5, 0.6) is 0 Å². The van der Waals surface area contributed by atoms with Crippen molar-refractivity contribution >= 4 is 27.7 Å². The molecule has 0 aliphatic heterocycles. The molecule has 6 heteroatoms. The Labute approximate surface area is 120 Å². The van der Waals surface area contributed by atoms with Crippen LogP contribution >= 0.6 is 15.9 Å². The molecular formula is C13H15BrN4O. The Kier molecular flexibility index (Phi) is 3.71. The lowest BCUT2D eigenvalue weighted by Gasteiger charge is -2.14. The third-order valence-corrected chi connectivity index (χ3v) is 3.26. The van der Waals surface area contributed by atoms with E-state index in [-0.39, 0.29) is 11.3 Å². The molecule has 0 radical (unpaired) electrons. The van der Waals surface area contributed by atoms with Gasteiger partial charge in [0, 0.05) is 23.4 Å². The lowest BCUT2D eigenvalue weighted by molar-refractivity contribution is 0.102. The van der Waals surface area contributed by atoms with Crippen molar-refractivity contribution in [3.63, 3.8) is 0 Å². The Morgan fingerprint density at radius 3 is 2.74 bits per heavy atom. The fourth-order valence-corrected chi connectivity index (χ4v) is 1.94. The number of rotatable bonds is 2. The van der Waals surface area contributed by atoms with Crippen molar-refractivity contribution in [2.75, 3.05) is 5.32 Å². The van der Waals surface area contributed by atoms with Crippen LogP contribution in [-0.2, 0) is 5.41 Å². The summed E-state index contributed by atoms with van der Waals surface area (Å²) in [7, 11) is 0. The van der Waals surface area contributed by atoms with E-state index in [0.717, 1.165) is 5.69 Å². The molecule has 2 aromatic rings. The molecule has 2 N–H and O–H groups in total. The van der Waals surface area contributed by atoms with Crippen molar-refractivity contribution in [3.05, 3.63) is 40.3 Å². The summed E-state index contributed by atoms with van der Waals surface area (Å²) in [5, 5.41) is 9.75. The number of nitrogens with zero attached hydrogens (tertiary/aromatic N) is 2. The number of carbonyl (C=O) groups excluding carboxylic acids is 1. The van der Waals surface area contributed by atoms with Gasteiger partial charge in [-0.25, -0.2) is 4.98 Å². The number of hydrogen-bond donors (Lipinski definition) is 2. The smallest absolute Gasteiger partial charge is 0.259 e. The first kappa shape index (κ1) is 13.7. The van der Waals surface area contributed by atoms with Crippen molar-refractivity contribution in [2.45, 2.75) is 26.2 Å². The SMILES string of the molecule is CC(C)(C)c1cc(NC(=O)c2cccnc2Br)n[nH]1. The molecule has 0 saturated carbocycles. The number of aromatic amines is 1. The predicted molar refractivity (Wildman–Crippen MR) is 77.2 cm³/mol. The minimum Gasteiger partial charge on any atom is -0.305 e. The number of hydrogen-bond acceptors (Lipinski definition) is 3. The van der Waals surface area contributed by atoms with E-state index in [2.05, 4.69) is 57.2 Å². The van der Waals surface area contributed by atoms with Crippen LogP contribution in [0, 0.1) is 0 Å². The van der Waals surface area contributed by atoms with Gasteiger partial charge < -0.3 is 5.32 Å². The molecule has 0 aliphatic rings. The molecular weight excluding hydrogens is 308 g/mol. The second-order valence-electron chi connectivity index (χ2n) is 5.21. The van der Waals surface area contributed by atoms with E-state index in [1.54, 1.807) is 18.3 Å². The maximum Gasteiger partial charge on any atom is 0.259 e. The Hall–Kier alpha value is -1.69. The third-order valence-electron chi connectivity index (χ3n) is 2.63. The highest BCUT2D eigenvalue weighted by Gasteiger charge is 2.18. The van der Waals surface area contributed by atoms with E-state index in [4.69, 9.17) is 0 Å². The van der Waals surface area contributed by atoms with Gasteiger partial charge in [0.2, 0.25) is 0 Å². The van der Waals surface area contributed by atoms with E-state index < -0.39 is 0 Å². The average molecular weight is 323 g/mol. The van der Waals surface area contributed by atoms with Crippen LogP contribution in [0.2, 0.25) is 0 Å². The first-order chi connectivity index (χ1) is 8.88. The second-order valence-corrected chi connectivity index (χ2v) is 5.96. The highest BCUT2D eigenvalue weighted by Crippen LogP contribution is 2.22. The molecule has 2 heterocycles. The van der Waals surface area contributed by atoms with Gasteiger partial charge in [-0.3, -0.25) is 9.89 Å². The highest BCUT2D eigenvalue weighted by atomic mass is 79.9. The van der Waals surface area contributed by atoms with Crippen molar-refractivity contribution in [3.8, 4) is 0 Å². The second kappa shape index (κ2) is 5.13. The molecule has 0 unspecified atom stereocenters. The number of halogens is 1. The molecule has 0 saturated heterocycles. The van der Waals surface area contributed by atoms with Gasteiger partial charge in [-0.05, 0) is 28.1 Å². The number of amides is 1. The van der Waals surface area contributed by atoms with Crippen LogP contribution < -0.4 is 5.32 Å². The number of pyridine rings is 1. The summed E-state index contributed by atoms with van der Waals surface area (Å²) < 4.78 is 0.513. The molecule has 19 heavy (non-hydrogen) atoms. The van der Waals surface area contributed by atoms with Gasteiger partial charge in [-0.1, -0.05) is 20.8 Å². The van der Waals surface area contributed by atoms with Crippen LogP contribution in [0.15, 0.2) is 29.0 Å². The normalized spacial score (nSPS) is 11.4. The molecule has 5 nitrogen and oxygen atoms in total. The van der Waals surface area contributed by atoms with Gasteiger partial charge in [0.05, 0.1) is 5.56 Å². The average Bonchev–Trinajstić information content (AvgIpc) is 2.77. The summed E-state index contributed by atoms with van der Waals surface area (Å²) in [6.07, 6.45) is 1.62. The summed E-state index contributed by atoms with van der Waals surface area (Å²) in [6.45, 7) is 6.22. The zero-order valence-corrected chi connectivity index (χ0v) is 12.6. The molecule has 0 aliphatic carbocycles.